The van der Waals surface area contributed by atoms with Gasteiger partial charge in [0.25, 0.3) is 10.0 Å². The van der Waals surface area contributed by atoms with Crippen molar-refractivity contribution in [1.29, 1.82) is 0 Å². The summed E-state index contributed by atoms with van der Waals surface area (Å²) in [7, 11) is -2.23. The molecule has 134 valence electrons. The summed E-state index contributed by atoms with van der Waals surface area (Å²) >= 11 is 0. The summed E-state index contributed by atoms with van der Waals surface area (Å²) in [6.45, 7) is 1.99. The van der Waals surface area contributed by atoms with Crippen molar-refractivity contribution in [1.82, 2.24) is 10.2 Å². The van der Waals surface area contributed by atoms with E-state index >= 15 is 0 Å². The number of anilines is 3. The van der Waals surface area contributed by atoms with Crippen molar-refractivity contribution in [2.45, 2.75) is 11.8 Å². The summed E-state index contributed by atoms with van der Waals surface area (Å²) in [5.74, 6) is 1.23. The first-order valence-corrected chi connectivity index (χ1v) is 9.29. The van der Waals surface area contributed by atoms with Gasteiger partial charge in [-0.05, 0) is 61.0 Å². The van der Waals surface area contributed by atoms with Crippen molar-refractivity contribution in [3.8, 4) is 5.75 Å². The van der Waals surface area contributed by atoms with E-state index in [0.717, 1.165) is 11.3 Å². The highest BCUT2D eigenvalue weighted by Crippen LogP contribution is 2.19. The highest BCUT2D eigenvalue weighted by molar-refractivity contribution is 7.92. The Balaban J connectivity index is 1.71. The van der Waals surface area contributed by atoms with Crippen molar-refractivity contribution in [3.63, 3.8) is 0 Å². The fraction of sp³-hybridized carbons (Fsp3) is 0.111. The molecular weight excluding hydrogens is 352 g/mol. The maximum absolute atomic E-state index is 12.4. The van der Waals surface area contributed by atoms with Gasteiger partial charge in [-0.2, -0.15) is 0 Å². The highest BCUT2D eigenvalue weighted by atomic mass is 32.2. The van der Waals surface area contributed by atoms with Crippen LogP contribution in [0.25, 0.3) is 0 Å². The molecule has 1 heterocycles. The number of aryl methyl sites for hydroxylation is 1. The van der Waals surface area contributed by atoms with Crippen LogP contribution in [0.5, 0.6) is 5.75 Å². The number of methoxy groups -OCH3 is 1. The fourth-order valence-electron chi connectivity index (χ4n) is 2.28. The van der Waals surface area contributed by atoms with Crippen molar-refractivity contribution in [3.05, 3.63) is 66.2 Å². The third-order valence-electron chi connectivity index (χ3n) is 3.56. The molecule has 0 saturated carbocycles. The van der Waals surface area contributed by atoms with Gasteiger partial charge in [0.15, 0.2) is 11.6 Å². The van der Waals surface area contributed by atoms with E-state index in [4.69, 9.17) is 4.74 Å². The van der Waals surface area contributed by atoms with Gasteiger partial charge in [0.1, 0.15) is 5.75 Å². The standard InChI is InChI=1S/C18H18N4O3S/c1-13-4-3-5-14(12-13)19-17-10-11-18(21-20-17)22-26(23,24)16-8-6-15(25-2)7-9-16/h3-12H,1-2H3,(H,19,20)(H,21,22). The second-order valence-electron chi connectivity index (χ2n) is 5.58. The van der Waals surface area contributed by atoms with Gasteiger partial charge in [0.2, 0.25) is 0 Å². The number of nitrogens with zero attached hydrogens (tertiary/aromatic N) is 2. The molecule has 1 aromatic heterocycles. The van der Waals surface area contributed by atoms with Crippen LogP contribution in [0.15, 0.2) is 65.6 Å². The molecule has 7 nitrogen and oxygen atoms in total. The van der Waals surface area contributed by atoms with Gasteiger partial charge < -0.3 is 10.1 Å². The summed E-state index contributed by atoms with van der Waals surface area (Å²) in [5, 5.41) is 11.0. The molecule has 0 aliphatic rings. The van der Waals surface area contributed by atoms with Crippen LogP contribution >= 0.6 is 0 Å². The van der Waals surface area contributed by atoms with Crippen LogP contribution in [0.3, 0.4) is 0 Å². The minimum absolute atomic E-state index is 0.113. The molecule has 0 fully saturated rings. The van der Waals surface area contributed by atoms with E-state index < -0.39 is 10.0 Å². The predicted molar refractivity (Wildman–Crippen MR) is 100 cm³/mol. The number of benzene rings is 2. The summed E-state index contributed by atoms with van der Waals surface area (Å²) in [4.78, 5) is 0.113. The van der Waals surface area contributed by atoms with E-state index in [-0.39, 0.29) is 10.7 Å². The van der Waals surface area contributed by atoms with Crippen LogP contribution in [0.4, 0.5) is 17.3 Å². The normalized spacial score (nSPS) is 11.0. The molecule has 0 aliphatic carbocycles. The Bertz CT molecular complexity index is 988. The molecule has 2 N–H and O–H groups in total. The van der Waals surface area contributed by atoms with E-state index in [1.165, 1.54) is 19.2 Å². The summed E-state index contributed by atoms with van der Waals surface area (Å²) in [6, 6.07) is 17.1. The molecule has 0 amide bonds. The van der Waals surface area contributed by atoms with Crippen molar-refractivity contribution in [2.75, 3.05) is 17.1 Å². The zero-order valence-electron chi connectivity index (χ0n) is 14.3. The second-order valence-corrected chi connectivity index (χ2v) is 7.26. The first-order valence-electron chi connectivity index (χ1n) is 7.80. The Morgan fingerprint density at radius 3 is 2.23 bits per heavy atom. The molecule has 3 rings (SSSR count). The molecule has 0 atom stereocenters. The van der Waals surface area contributed by atoms with Gasteiger partial charge in [-0.25, -0.2) is 8.42 Å². The predicted octanol–water partition coefficient (Wildman–Crippen LogP) is 3.34. The molecule has 2 aromatic carbocycles. The van der Waals surface area contributed by atoms with Gasteiger partial charge in [-0.3, -0.25) is 4.72 Å². The van der Waals surface area contributed by atoms with Gasteiger partial charge in [0, 0.05) is 5.69 Å². The highest BCUT2D eigenvalue weighted by Gasteiger charge is 2.15. The van der Waals surface area contributed by atoms with Crippen molar-refractivity contribution >= 4 is 27.3 Å². The van der Waals surface area contributed by atoms with E-state index in [1.807, 2.05) is 31.2 Å². The summed E-state index contributed by atoms with van der Waals surface area (Å²) in [5.41, 5.74) is 2.00. The van der Waals surface area contributed by atoms with Crippen LogP contribution in [0, 0.1) is 6.92 Å². The number of ether oxygens (including phenoxy) is 1. The van der Waals surface area contributed by atoms with E-state index in [9.17, 15) is 8.42 Å². The second kappa shape index (κ2) is 7.40. The number of aromatic nitrogens is 2. The van der Waals surface area contributed by atoms with E-state index in [1.54, 1.807) is 24.3 Å². The largest absolute Gasteiger partial charge is 0.497 e. The van der Waals surface area contributed by atoms with E-state index in [0.29, 0.717) is 11.6 Å². The summed E-state index contributed by atoms with van der Waals surface area (Å²) < 4.78 is 32.2. The average molecular weight is 370 g/mol. The lowest BCUT2D eigenvalue weighted by atomic mass is 10.2. The fourth-order valence-corrected chi connectivity index (χ4v) is 3.27. The minimum atomic E-state index is -3.74. The smallest absolute Gasteiger partial charge is 0.263 e. The molecule has 0 aliphatic heterocycles. The summed E-state index contributed by atoms with van der Waals surface area (Å²) in [6.07, 6.45) is 0. The van der Waals surface area contributed by atoms with Crippen molar-refractivity contribution in [2.24, 2.45) is 0 Å². The number of hydrogen-bond acceptors (Lipinski definition) is 6. The van der Waals surface area contributed by atoms with Gasteiger partial charge in [-0.15, -0.1) is 10.2 Å². The van der Waals surface area contributed by atoms with Gasteiger partial charge in [0.05, 0.1) is 12.0 Å². The lowest BCUT2D eigenvalue weighted by Gasteiger charge is -2.09. The molecule has 0 bridgehead atoms. The van der Waals surface area contributed by atoms with Crippen molar-refractivity contribution < 1.29 is 13.2 Å². The minimum Gasteiger partial charge on any atom is -0.497 e. The maximum atomic E-state index is 12.4. The molecule has 8 heteroatoms. The number of sulfonamides is 1. The Morgan fingerprint density at radius 2 is 1.62 bits per heavy atom. The number of nitrogens with one attached hydrogen (secondary N) is 2. The zero-order chi connectivity index (χ0) is 18.6. The third kappa shape index (κ3) is 4.28. The quantitative estimate of drug-likeness (QED) is 0.691. The first-order chi connectivity index (χ1) is 12.5. The van der Waals surface area contributed by atoms with E-state index in [2.05, 4.69) is 20.2 Å². The lowest BCUT2D eigenvalue weighted by molar-refractivity contribution is 0.414. The van der Waals surface area contributed by atoms with Gasteiger partial charge in [-0.1, -0.05) is 12.1 Å². The molecule has 3 aromatic rings. The first kappa shape index (κ1) is 17.7. The zero-order valence-corrected chi connectivity index (χ0v) is 15.1. The molecule has 0 unspecified atom stereocenters. The average Bonchev–Trinajstić information content (AvgIpc) is 2.63. The Morgan fingerprint density at radius 1 is 0.923 bits per heavy atom. The monoisotopic (exact) mass is 370 g/mol. The van der Waals surface area contributed by atoms with Crippen LogP contribution in [0.1, 0.15) is 5.56 Å². The Labute approximate surface area is 152 Å². The molecule has 0 radical (unpaired) electrons. The maximum Gasteiger partial charge on any atom is 0.263 e. The Hall–Kier alpha value is -3.13. The number of rotatable bonds is 6. The molecule has 26 heavy (non-hydrogen) atoms. The van der Waals surface area contributed by atoms with Crippen LogP contribution in [-0.2, 0) is 10.0 Å². The van der Waals surface area contributed by atoms with Crippen LogP contribution < -0.4 is 14.8 Å². The Kier molecular flexibility index (Phi) is 5.04. The molecule has 0 saturated heterocycles. The SMILES string of the molecule is COc1ccc(S(=O)(=O)Nc2ccc(Nc3cccc(C)c3)nn2)cc1. The van der Waals surface area contributed by atoms with Crippen LogP contribution in [-0.4, -0.2) is 25.7 Å². The molecular formula is C18H18N4O3S. The third-order valence-corrected chi connectivity index (χ3v) is 4.93. The van der Waals surface area contributed by atoms with Gasteiger partial charge >= 0.3 is 0 Å². The topological polar surface area (TPSA) is 93.2 Å². The number of hydrogen-bond donors (Lipinski definition) is 2. The van der Waals surface area contributed by atoms with Crippen LogP contribution in [0.2, 0.25) is 0 Å². The lowest BCUT2D eigenvalue weighted by Crippen LogP contribution is -2.14. The molecule has 0 spiro atoms.